The number of carbonyl (C=O) groups excluding carboxylic acids is 1. The van der Waals surface area contributed by atoms with Crippen LogP contribution in [0.2, 0.25) is 5.02 Å². The number of carbonyl (C=O) groups is 1. The lowest BCUT2D eigenvalue weighted by Gasteiger charge is -2.21. The molecule has 0 saturated heterocycles. The predicted octanol–water partition coefficient (Wildman–Crippen LogP) is 5.28. The molecule has 1 atom stereocenters. The summed E-state index contributed by atoms with van der Waals surface area (Å²) < 4.78 is 5.03. The average molecular weight is 380 g/mol. The molecular formula is C23H22ClNO2. The molecule has 0 aliphatic carbocycles. The van der Waals surface area contributed by atoms with Crippen LogP contribution in [0.1, 0.15) is 22.6 Å². The van der Waals surface area contributed by atoms with Gasteiger partial charge in [0.05, 0.1) is 7.11 Å². The van der Waals surface area contributed by atoms with Gasteiger partial charge in [0.25, 0.3) is 0 Å². The molecule has 0 bridgehead atoms. The SMILES string of the molecule is COC(=O)C(c1ccccc1)c1ccc(N(C)Cc2ccc(Cl)cc2)cc1. The van der Waals surface area contributed by atoms with Crippen molar-refractivity contribution < 1.29 is 9.53 Å². The summed E-state index contributed by atoms with van der Waals surface area (Å²) in [5.74, 6) is -0.685. The van der Waals surface area contributed by atoms with E-state index in [1.54, 1.807) is 0 Å². The molecule has 3 aromatic rings. The van der Waals surface area contributed by atoms with E-state index in [1.165, 1.54) is 12.7 Å². The van der Waals surface area contributed by atoms with Crippen LogP contribution in [0.15, 0.2) is 78.9 Å². The maximum absolute atomic E-state index is 12.4. The molecule has 0 radical (unpaired) electrons. The van der Waals surface area contributed by atoms with Crippen molar-refractivity contribution in [3.05, 3.63) is 101 Å². The highest BCUT2D eigenvalue weighted by Crippen LogP contribution is 2.28. The largest absolute Gasteiger partial charge is 0.468 e. The van der Waals surface area contributed by atoms with Gasteiger partial charge in [-0.1, -0.05) is 66.2 Å². The fourth-order valence-electron chi connectivity index (χ4n) is 3.10. The molecule has 138 valence electrons. The van der Waals surface area contributed by atoms with Gasteiger partial charge in [0.1, 0.15) is 5.92 Å². The van der Waals surface area contributed by atoms with Gasteiger partial charge in [0, 0.05) is 24.3 Å². The highest BCUT2D eigenvalue weighted by molar-refractivity contribution is 6.30. The van der Waals surface area contributed by atoms with Gasteiger partial charge >= 0.3 is 5.97 Å². The van der Waals surface area contributed by atoms with E-state index in [2.05, 4.69) is 4.90 Å². The fraction of sp³-hybridized carbons (Fsp3) is 0.174. The summed E-state index contributed by atoms with van der Waals surface area (Å²) in [6.45, 7) is 0.773. The minimum atomic E-state index is -0.424. The molecule has 4 heteroatoms. The Hall–Kier alpha value is -2.78. The van der Waals surface area contributed by atoms with Crippen molar-refractivity contribution in [3.63, 3.8) is 0 Å². The number of hydrogen-bond donors (Lipinski definition) is 0. The van der Waals surface area contributed by atoms with E-state index in [0.717, 1.165) is 28.4 Å². The fourth-order valence-corrected chi connectivity index (χ4v) is 3.23. The zero-order chi connectivity index (χ0) is 19.2. The summed E-state index contributed by atoms with van der Waals surface area (Å²) in [5, 5.41) is 0.737. The smallest absolute Gasteiger partial charge is 0.317 e. The Balaban J connectivity index is 1.80. The molecule has 27 heavy (non-hydrogen) atoms. The minimum absolute atomic E-state index is 0.261. The molecule has 0 aromatic heterocycles. The second-order valence-electron chi connectivity index (χ2n) is 6.44. The van der Waals surface area contributed by atoms with Gasteiger partial charge in [0.2, 0.25) is 0 Å². The molecule has 1 unspecified atom stereocenters. The number of methoxy groups -OCH3 is 1. The molecule has 3 nitrogen and oxygen atoms in total. The van der Waals surface area contributed by atoms with Crippen molar-refractivity contribution >= 4 is 23.3 Å². The van der Waals surface area contributed by atoms with Crippen molar-refractivity contribution in [1.82, 2.24) is 0 Å². The second kappa shape index (κ2) is 8.74. The van der Waals surface area contributed by atoms with E-state index in [4.69, 9.17) is 16.3 Å². The van der Waals surface area contributed by atoms with Crippen molar-refractivity contribution in [2.75, 3.05) is 19.1 Å². The maximum Gasteiger partial charge on any atom is 0.317 e. The van der Waals surface area contributed by atoms with Gasteiger partial charge in [-0.3, -0.25) is 4.79 Å². The first-order valence-electron chi connectivity index (χ1n) is 8.77. The number of nitrogens with zero attached hydrogens (tertiary/aromatic N) is 1. The van der Waals surface area contributed by atoms with Gasteiger partial charge in [-0.05, 0) is 41.0 Å². The number of esters is 1. The van der Waals surface area contributed by atoms with E-state index in [1.807, 2.05) is 85.9 Å². The number of rotatable bonds is 6. The Bertz CT molecular complexity index is 877. The molecule has 0 aliphatic rings. The molecule has 0 spiro atoms. The minimum Gasteiger partial charge on any atom is -0.468 e. The van der Waals surface area contributed by atoms with E-state index >= 15 is 0 Å². The Morgan fingerprint density at radius 2 is 1.52 bits per heavy atom. The zero-order valence-corrected chi connectivity index (χ0v) is 16.2. The molecular weight excluding hydrogens is 358 g/mol. The topological polar surface area (TPSA) is 29.5 Å². The molecule has 3 rings (SSSR count). The number of ether oxygens (including phenoxy) is 1. The van der Waals surface area contributed by atoms with Gasteiger partial charge in [0.15, 0.2) is 0 Å². The first-order chi connectivity index (χ1) is 13.1. The Labute approximate surface area is 165 Å². The van der Waals surface area contributed by atoms with Crippen LogP contribution in [0.4, 0.5) is 5.69 Å². The molecule has 0 saturated carbocycles. The summed E-state index contributed by atoms with van der Waals surface area (Å²) in [5.41, 5.74) is 4.09. The lowest BCUT2D eigenvalue weighted by Crippen LogP contribution is -2.18. The van der Waals surface area contributed by atoms with Gasteiger partial charge in [-0.15, -0.1) is 0 Å². The van der Waals surface area contributed by atoms with Crippen LogP contribution in [0.5, 0.6) is 0 Å². The predicted molar refractivity (Wildman–Crippen MR) is 110 cm³/mol. The third-order valence-electron chi connectivity index (χ3n) is 4.57. The Morgan fingerprint density at radius 1 is 0.926 bits per heavy atom. The third kappa shape index (κ3) is 4.69. The van der Waals surface area contributed by atoms with E-state index in [9.17, 15) is 4.79 Å². The van der Waals surface area contributed by atoms with Crippen molar-refractivity contribution in [3.8, 4) is 0 Å². The van der Waals surface area contributed by atoms with Crippen LogP contribution in [0.3, 0.4) is 0 Å². The number of hydrogen-bond acceptors (Lipinski definition) is 3. The highest BCUT2D eigenvalue weighted by atomic mass is 35.5. The van der Waals surface area contributed by atoms with Crippen molar-refractivity contribution in [2.24, 2.45) is 0 Å². The summed E-state index contributed by atoms with van der Waals surface area (Å²) >= 11 is 5.95. The summed E-state index contributed by atoms with van der Waals surface area (Å²) in [6.07, 6.45) is 0. The lowest BCUT2D eigenvalue weighted by molar-refractivity contribution is -0.141. The number of benzene rings is 3. The van der Waals surface area contributed by atoms with Crippen LogP contribution < -0.4 is 4.90 Å². The molecule has 0 heterocycles. The van der Waals surface area contributed by atoms with Crippen molar-refractivity contribution in [1.29, 1.82) is 0 Å². The third-order valence-corrected chi connectivity index (χ3v) is 4.82. The van der Waals surface area contributed by atoms with Gasteiger partial charge in [-0.25, -0.2) is 0 Å². The normalized spacial score (nSPS) is 11.7. The zero-order valence-electron chi connectivity index (χ0n) is 15.4. The van der Waals surface area contributed by atoms with Crippen molar-refractivity contribution in [2.45, 2.75) is 12.5 Å². The monoisotopic (exact) mass is 379 g/mol. The van der Waals surface area contributed by atoms with E-state index in [0.29, 0.717) is 0 Å². The average Bonchev–Trinajstić information content (AvgIpc) is 2.71. The standard InChI is InChI=1S/C23H22ClNO2/c1-25(16-17-8-12-20(24)13-9-17)21-14-10-19(11-15-21)22(23(26)27-2)18-6-4-3-5-7-18/h3-15,22H,16H2,1-2H3. The summed E-state index contributed by atoms with van der Waals surface area (Å²) in [6, 6.07) is 25.6. The molecule has 0 N–H and O–H groups in total. The number of anilines is 1. The van der Waals surface area contributed by atoms with Gasteiger partial charge < -0.3 is 9.64 Å². The quantitative estimate of drug-likeness (QED) is 0.545. The second-order valence-corrected chi connectivity index (χ2v) is 6.88. The van der Waals surface area contributed by atoms with E-state index < -0.39 is 5.92 Å². The van der Waals surface area contributed by atoms with Gasteiger partial charge in [-0.2, -0.15) is 0 Å². The lowest BCUT2D eigenvalue weighted by atomic mass is 9.91. The Morgan fingerprint density at radius 3 is 2.11 bits per heavy atom. The van der Waals surface area contributed by atoms with Crippen LogP contribution in [0.25, 0.3) is 0 Å². The molecule has 0 amide bonds. The van der Waals surface area contributed by atoms with Crippen LogP contribution in [0, 0.1) is 0 Å². The summed E-state index contributed by atoms with van der Waals surface area (Å²) in [7, 11) is 3.46. The Kier molecular flexibility index (Phi) is 6.15. The molecule has 0 fully saturated rings. The maximum atomic E-state index is 12.4. The first kappa shape index (κ1) is 19.0. The molecule has 0 aliphatic heterocycles. The summed E-state index contributed by atoms with van der Waals surface area (Å²) in [4.78, 5) is 14.5. The highest BCUT2D eigenvalue weighted by Gasteiger charge is 2.23. The molecule has 3 aromatic carbocycles. The van der Waals surface area contributed by atoms with Crippen LogP contribution in [-0.2, 0) is 16.1 Å². The first-order valence-corrected chi connectivity index (χ1v) is 9.14. The van der Waals surface area contributed by atoms with Crippen LogP contribution in [-0.4, -0.2) is 20.1 Å². The van der Waals surface area contributed by atoms with Crippen LogP contribution >= 0.6 is 11.6 Å². The number of halogens is 1. The van der Waals surface area contributed by atoms with E-state index in [-0.39, 0.29) is 5.97 Å².